The Balaban J connectivity index is 1.34. The number of nitro groups is 1. The highest BCUT2D eigenvalue weighted by Crippen LogP contribution is 2.52. The van der Waals surface area contributed by atoms with E-state index in [1.54, 1.807) is 6.92 Å². The van der Waals surface area contributed by atoms with Crippen LogP contribution in [0.5, 0.6) is 0 Å². The van der Waals surface area contributed by atoms with Gasteiger partial charge in [-0.15, -0.1) is 0 Å². The van der Waals surface area contributed by atoms with Crippen LogP contribution in [0, 0.1) is 40.7 Å². The minimum Gasteiger partial charge on any atom is -0.454 e. The summed E-state index contributed by atoms with van der Waals surface area (Å²) < 4.78 is 4.99. The second-order valence-electron chi connectivity index (χ2n) is 8.14. The summed E-state index contributed by atoms with van der Waals surface area (Å²) in [7, 11) is 0. The van der Waals surface area contributed by atoms with Crippen LogP contribution in [0.4, 0.5) is 11.4 Å². The number of imide groups is 1. The SMILES string of the molecule is Cc1ccc(NC(=O)COC(=O)[C@H](C)N2C(=O)[C@@H]3[C@H](C2=O)[C@H]2C=C[C@H]3C2)cc1[N+](=O)[O-]. The molecule has 0 aromatic heterocycles. The molecular formula is C21H21N3O7. The number of rotatable bonds is 6. The topological polar surface area (TPSA) is 136 Å². The first-order valence-electron chi connectivity index (χ1n) is 9.95. The van der Waals surface area contributed by atoms with Crippen LogP contribution < -0.4 is 5.32 Å². The lowest BCUT2D eigenvalue weighted by Gasteiger charge is -2.23. The van der Waals surface area contributed by atoms with Crippen LogP contribution in [0.2, 0.25) is 0 Å². The fourth-order valence-corrected chi connectivity index (χ4v) is 4.75. The Bertz CT molecular complexity index is 1000. The minimum atomic E-state index is -1.14. The number of amides is 3. The van der Waals surface area contributed by atoms with Crippen molar-refractivity contribution in [1.82, 2.24) is 4.90 Å². The summed E-state index contributed by atoms with van der Waals surface area (Å²) in [6.45, 7) is 2.32. The van der Waals surface area contributed by atoms with Crippen molar-refractivity contribution in [2.45, 2.75) is 26.3 Å². The molecule has 2 fully saturated rings. The van der Waals surface area contributed by atoms with Crippen LogP contribution in [0.1, 0.15) is 18.9 Å². The number of fused-ring (bicyclic) bond motifs is 5. The molecule has 1 saturated heterocycles. The quantitative estimate of drug-likeness (QED) is 0.239. The smallest absolute Gasteiger partial charge is 0.329 e. The predicted octanol–water partition coefficient (Wildman–Crippen LogP) is 1.58. The molecule has 0 spiro atoms. The van der Waals surface area contributed by atoms with E-state index in [9.17, 15) is 29.3 Å². The van der Waals surface area contributed by atoms with Gasteiger partial charge in [0.2, 0.25) is 11.8 Å². The van der Waals surface area contributed by atoms with Crippen molar-refractivity contribution in [2.24, 2.45) is 23.7 Å². The van der Waals surface area contributed by atoms with Crippen molar-refractivity contribution in [3.05, 3.63) is 46.0 Å². The van der Waals surface area contributed by atoms with Crippen molar-refractivity contribution in [2.75, 3.05) is 11.9 Å². The summed E-state index contributed by atoms with van der Waals surface area (Å²) >= 11 is 0. The molecule has 1 N–H and O–H groups in total. The Labute approximate surface area is 177 Å². The van der Waals surface area contributed by atoms with Gasteiger partial charge in [0, 0.05) is 17.3 Å². The fourth-order valence-electron chi connectivity index (χ4n) is 4.75. The third-order valence-electron chi connectivity index (χ3n) is 6.27. The molecule has 10 heteroatoms. The van der Waals surface area contributed by atoms with Crippen LogP contribution in [-0.2, 0) is 23.9 Å². The minimum absolute atomic E-state index is 0.0315. The average Bonchev–Trinajstić information content (AvgIpc) is 3.40. The van der Waals surface area contributed by atoms with E-state index in [-0.39, 0.29) is 35.0 Å². The number of nitrogens with zero attached hydrogens (tertiary/aromatic N) is 2. The van der Waals surface area contributed by atoms with Crippen LogP contribution >= 0.6 is 0 Å². The maximum absolute atomic E-state index is 12.8. The first-order chi connectivity index (χ1) is 14.7. The number of hydrogen-bond acceptors (Lipinski definition) is 7. The summed E-state index contributed by atoms with van der Waals surface area (Å²) in [5.74, 6) is -3.07. The lowest BCUT2D eigenvalue weighted by molar-refractivity contribution is -0.385. The number of esters is 1. The Morgan fingerprint density at radius 3 is 2.42 bits per heavy atom. The van der Waals surface area contributed by atoms with Gasteiger partial charge in [-0.2, -0.15) is 0 Å². The zero-order chi connectivity index (χ0) is 22.4. The number of aryl methyl sites for hydroxylation is 1. The van der Waals surface area contributed by atoms with Crippen molar-refractivity contribution in [3.63, 3.8) is 0 Å². The van der Waals surface area contributed by atoms with Crippen molar-refractivity contribution in [3.8, 4) is 0 Å². The first-order valence-corrected chi connectivity index (χ1v) is 9.95. The number of ether oxygens (including phenoxy) is 1. The van der Waals surface area contributed by atoms with Gasteiger partial charge in [-0.25, -0.2) is 4.79 Å². The Morgan fingerprint density at radius 1 is 1.23 bits per heavy atom. The first kappa shape index (κ1) is 20.7. The molecule has 2 bridgehead atoms. The van der Waals surface area contributed by atoms with Gasteiger partial charge in [0.15, 0.2) is 6.61 Å². The van der Waals surface area contributed by atoms with Crippen molar-refractivity contribution < 1.29 is 28.8 Å². The summed E-state index contributed by atoms with van der Waals surface area (Å²) in [5, 5.41) is 13.4. The third-order valence-corrected chi connectivity index (χ3v) is 6.27. The second-order valence-corrected chi connectivity index (χ2v) is 8.14. The lowest BCUT2D eigenvalue weighted by Crippen LogP contribution is -2.45. The van der Waals surface area contributed by atoms with Gasteiger partial charge >= 0.3 is 5.97 Å². The summed E-state index contributed by atoms with van der Waals surface area (Å²) in [4.78, 5) is 61.4. The Hall–Kier alpha value is -3.56. The van der Waals surface area contributed by atoms with Gasteiger partial charge in [0.1, 0.15) is 6.04 Å². The van der Waals surface area contributed by atoms with E-state index in [4.69, 9.17) is 4.74 Å². The third kappa shape index (κ3) is 3.47. The molecule has 3 aliphatic rings. The van der Waals surface area contributed by atoms with Crippen LogP contribution in [0.15, 0.2) is 30.4 Å². The number of carbonyl (C=O) groups excluding carboxylic acids is 4. The van der Waals surface area contributed by atoms with Crippen LogP contribution in [0.3, 0.4) is 0 Å². The molecular weight excluding hydrogens is 406 g/mol. The Kier molecular flexibility index (Phi) is 5.08. The molecule has 1 aromatic rings. The van der Waals surface area contributed by atoms with E-state index in [0.717, 1.165) is 11.3 Å². The van der Waals surface area contributed by atoms with Gasteiger partial charge in [0.05, 0.1) is 16.8 Å². The van der Waals surface area contributed by atoms with E-state index in [0.29, 0.717) is 5.56 Å². The predicted molar refractivity (Wildman–Crippen MR) is 106 cm³/mol. The van der Waals surface area contributed by atoms with Gasteiger partial charge in [0.25, 0.3) is 11.6 Å². The number of nitro benzene ring substituents is 1. The summed E-state index contributed by atoms with van der Waals surface area (Å²) in [6.07, 6.45) is 4.71. The number of likely N-dealkylation sites (tertiary alicyclic amines) is 1. The highest BCUT2D eigenvalue weighted by molar-refractivity contribution is 6.09. The largest absolute Gasteiger partial charge is 0.454 e. The molecule has 1 aromatic carbocycles. The molecule has 0 radical (unpaired) electrons. The van der Waals surface area contributed by atoms with Gasteiger partial charge < -0.3 is 10.1 Å². The number of hydrogen-bond donors (Lipinski definition) is 1. The molecule has 1 heterocycles. The molecule has 1 aliphatic heterocycles. The van der Waals surface area contributed by atoms with E-state index in [1.165, 1.54) is 25.1 Å². The molecule has 10 nitrogen and oxygen atoms in total. The second kappa shape index (κ2) is 7.60. The summed E-state index contributed by atoms with van der Waals surface area (Å²) in [6, 6.07) is 3.05. The van der Waals surface area contributed by atoms with E-state index in [2.05, 4.69) is 5.32 Å². The fraction of sp³-hybridized carbons (Fsp3) is 0.429. The van der Waals surface area contributed by atoms with Gasteiger partial charge in [-0.05, 0) is 38.2 Å². The average molecular weight is 427 g/mol. The molecule has 3 amide bonds. The molecule has 5 atom stereocenters. The van der Waals surface area contributed by atoms with Gasteiger partial charge in [-0.3, -0.25) is 29.4 Å². The van der Waals surface area contributed by atoms with Crippen LogP contribution in [-0.4, -0.2) is 46.2 Å². The molecule has 31 heavy (non-hydrogen) atoms. The molecule has 4 rings (SSSR count). The number of nitrogens with one attached hydrogen (secondary N) is 1. The van der Waals surface area contributed by atoms with E-state index < -0.39 is 41.3 Å². The summed E-state index contributed by atoms with van der Waals surface area (Å²) in [5.41, 5.74) is 0.479. The highest BCUT2D eigenvalue weighted by Gasteiger charge is 2.60. The maximum atomic E-state index is 12.8. The zero-order valence-corrected chi connectivity index (χ0v) is 16.9. The Morgan fingerprint density at radius 2 is 1.84 bits per heavy atom. The number of carbonyl (C=O) groups is 4. The number of allylic oxidation sites excluding steroid dienone is 2. The lowest BCUT2D eigenvalue weighted by atomic mass is 9.85. The van der Waals surface area contributed by atoms with Crippen LogP contribution in [0.25, 0.3) is 0 Å². The van der Waals surface area contributed by atoms with Crippen molar-refractivity contribution in [1.29, 1.82) is 0 Å². The number of anilines is 1. The van der Waals surface area contributed by atoms with Gasteiger partial charge in [-0.1, -0.05) is 18.2 Å². The maximum Gasteiger partial charge on any atom is 0.329 e. The van der Waals surface area contributed by atoms with E-state index >= 15 is 0 Å². The van der Waals surface area contributed by atoms with E-state index in [1.807, 2.05) is 12.2 Å². The monoisotopic (exact) mass is 427 g/mol. The molecule has 162 valence electrons. The van der Waals surface area contributed by atoms with Crippen molar-refractivity contribution >= 4 is 35.1 Å². The zero-order valence-electron chi connectivity index (χ0n) is 16.9. The number of benzene rings is 1. The molecule has 0 unspecified atom stereocenters. The highest BCUT2D eigenvalue weighted by atomic mass is 16.6. The molecule has 2 aliphatic carbocycles. The standard InChI is InChI=1S/C21H21N3O7/c1-10-3-6-14(8-15(10)24(29)30)22-16(25)9-31-21(28)11(2)23-19(26)17-12-4-5-13(7-12)18(17)20(23)27/h3-6,8,11-13,17-18H,7,9H2,1-2H3,(H,22,25)/t11-,12-,13-,17-,18+/m0/s1. The molecule has 1 saturated carbocycles. The normalized spacial score (nSPS) is 26.7.